The van der Waals surface area contributed by atoms with Crippen LogP contribution in [0.15, 0.2) is 30.3 Å². The number of methoxy groups -OCH3 is 1. The quantitative estimate of drug-likeness (QED) is 0.882. The van der Waals surface area contributed by atoms with E-state index in [1.54, 1.807) is 7.11 Å². The van der Waals surface area contributed by atoms with Gasteiger partial charge in [0, 0.05) is 13.0 Å². The molecule has 3 rings (SSSR count). The average Bonchev–Trinajstić information content (AvgIpc) is 2.89. The molecule has 6 nitrogen and oxygen atoms in total. The van der Waals surface area contributed by atoms with Crippen molar-refractivity contribution in [1.29, 1.82) is 0 Å². The molecule has 23 heavy (non-hydrogen) atoms. The third-order valence-corrected chi connectivity index (χ3v) is 3.96. The van der Waals surface area contributed by atoms with Crippen molar-refractivity contribution in [3.05, 3.63) is 47.3 Å². The maximum Gasteiger partial charge on any atom is 0.223 e. The van der Waals surface area contributed by atoms with E-state index >= 15 is 0 Å². The predicted octanol–water partition coefficient (Wildman–Crippen LogP) is 1.81. The third-order valence-electron chi connectivity index (χ3n) is 3.96. The molecule has 0 saturated heterocycles. The van der Waals surface area contributed by atoms with E-state index in [4.69, 9.17) is 9.47 Å². The summed E-state index contributed by atoms with van der Waals surface area (Å²) >= 11 is 0. The molecule has 2 N–H and O–H groups in total. The number of fused-ring (bicyclic) bond motifs is 1. The number of H-pyrrole nitrogens is 1. The molecule has 0 spiro atoms. The largest absolute Gasteiger partial charge is 0.493 e. The van der Waals surface area contributed by atoms with Gasteiger partial charge in [-0.1, -0.05) is 18.2 Å². The van der Waals surface area contributed by atoms with E-state index < -0.39 is 0 Å². The standard InChI is InChI=1S/C17H21N3O3/c1-22-11-15-9-14(19-20-15)10-18-17(21)13-6-7-23-16-5-3-2-4-12(16)8-13/h2-5,9,13H,6-8,10-11H2,1H3,(H,18,21)(H,19,20)/t13-/m0/s1. The van der Waals surface area contributed by atoms with E-state index in [0.717, 1.165) is 29.1 Å². The first-order chi connectivity index (χ1) is 11.3. The Hall–Kier alpha value is -2.34. The minimum Gasteiger partial charge on any atom is -0.493 e. The Balaban J connectivity index is 1.57. The van der Waals surface area contributed by atoms with Crippen molar-refractivity contribution in [1.82, 2.24) is 15.5 Å². The van der Waals surface area contributed by atoms with E-state index in [9.17, 15) is 4.79 Å². The van der Waals surface area contributed by atoms with Crippen molar-refractivity contribution in [3.8, 4) is 5.75 Å². The first kappa shape index (κ1) is 15.6. The van der Waals surface area contributed by atoms with Crippen LogP contribution >= 0.6 is 0 Å². The number of benzene rings is 1. The Morgan fingerprint density at radius 2 is 2.35 bits per heavy atom. The molecule has 0 unspecified atom stereocenters. The molecule has 0 saturated carbocycles. The van der Waals surface area contributed by atoms with Gasteiger partial charge in [0.15, 0.2) is 0 Å². The van der Waals surface area contributed by atoms with Gasteiger partial charge in [-0.05, 0) is 30.5 Å². The van der Waals surface area contributed by atoms with Crippen molar-refractivity contribution >= 4 is 5.91 Å². The lowest BCUT2D eigenvalue weighted by molar-refractivity contribution is -0.125. The number of carbonyl (C=O) groups is 1. The fourth-order valence-electron chi connectivity index (χ4n) is 2.76. The number of hydrogen-bond donors (Lipinski definition) is 2. The van der Waals surface area contributed by atoms with Crippen LogP contribution in [0.1, 0.15) is 23.4 Å². The van der Waals surface area contributed by atoms with E-state index in [1.165, 1.54) is 0 Å². The fourth-order valence-corrected chi connectivity index (χ4v) is 2.76. The maximum absolute atomic E-state index is 12.4. The molecule has 1 aromatic heterocycles. The lowest BCUT2D eigenvalue weighted by Gasteiger charge is -2.13. The molecule has 1 aromatic carbocycles. The number of nitrogens with one attached hydrogen (secondary N) is 2. The molecule has 1 atom stereocenters. The average molecular weight is 315 g/mol. The number of hydrogen-bond acceptors (Lipinski definition) is 4. The number of nitrogens with zero attached hydrogens (tertiary/aromatic N) is 1. The van der Waals surface area contributed by atoms with E-state index in [2.05, 4.69) is 15.5 Å². The van der Waals surface area contributed by atoms with Crippen LogP contribution in [-0.2, 0) is 29.1 Å². The van der Waals surface area contributed by atoms with Gasteiger partial charge in [0.25, 0.3) is 0 Å². The van der Waals surface area contributed by atoms with Crippen LogP contribution < -0.4 is 10.1 Å². The van der Waals surface area contributed by atoms with Gasteiger partial charge in [0.05, 0.1) is 31.1 Å². The lowest BCUT2D eigenvalue weighted by Crippen LogP contribution is -2.32. The van der Waals surface area contributed by atoms with Gasteiger partial charge in [-0.25, -0.2) is 0 Å². The smallest absolute Gasteiger partial charge is 0.223 e. The Morgan fingerprint density at radius 3 is 3.22 bits per heavy atom. The van der Waals surface area contributed by atoms with Gasteiger partial charge in [-0.2, -0.15) is 5.10 Å². The summed E-state index contributed by atoms with van der Waals surface area (Å²) in [4.78, 5) is 12.4. The Kier molecular flexibility index (Phi) is 4.92. The zero-order chi connectivity index (χ0) is 16.1. The van der Waals surface area contributed by atoms with Crippen molar-refractivity contribution in [2.75, 3.05) is 13.7 Å². The van der Waals surface area contributed by atoms with Crippen LogP contribution in [0.4, 0.5) is 0 Å². The summed E-state index contributed by atoms with van der Waals surface area (Å²) in [6.45, 7) is 1.47. The second kappa shape index (κ2) is 7.28. The van der Waals surface area contributed by atoms with Crippen molar-refractivity contribution < 1.29 is 14.3 Å². The normalized spacial score (nSPS) is 17.0. The number of aromatic nitrogens is 2. The van der Waals surface area contributed by atoms with E-state index in [0.29, 0.717) is 26.2 Å². The minimum atomic E-state index is -0.0694. The van der Waals surface area contributed by atoms with Crippen LogP contribution in [0.25, 0.3) is 0 Å². The van der Waals surface area contributed by atoms with Gasteiger partial charge < -0.3 is 14.8 Å². The monoisotopic (exact) mass is 315 g/mol. The summed E-state index contributed by atoms with van der Waals surface area (Å²) in [5, 5.41) is 10.0. The lowest BCUT2D eigenvalue weighted by atomic mass is 9.96. The highest BCUT2D eigenvalue weighted by Crippen LogP contribution is 2.26. The number of aromatic amines is 1. The van der Waals surface area contributed by atoms with Gasteiger partial charge in [0.1, 0.15) is 5.75 Å². The summed E-state index contributed by atoms with van der Waals surface area (Å²) in [6.07, 6.45) is 1.43. The molecule has 2 aromatic rings. The first-order valence-corrected chi connectivity index (χ1v) is 7.77. The van der Waals surface area contributed by atoms with Crippen molar-refractivity contribution in [3.63, 3.8) is 0 Å². The van der Waals surface area contributed by atoms with Gasteiger partial charge >= 0.3 is 0 Å². The van der Waals surface area contributed by atoms with Crippen LogP contribution in [0, 0.1) is 5.92 Å². The zero-order valence-corrected chi connectivity index (χ0v) is 13.2. The van der Waals surface area contributed by atoms with Crippen LogP contribution in [0.2, 0.25) is 0 Å². The highest BCUT2D eigenvalue weighted by molar-refractivity contribution is 5.79. The first-order valence-electron chi connectivity index (χ1n) is 7.77. The summed E-state index contributed by atoms with van der Waals surface area (Å²) in [6, 6.07) is 9.80. The molecular weight excluding hydrogens is 294 g/mol. The Morgan fingerprint density at radius 1 is 1.48 bits per heavy atom. The van der Waals surface area contributed by atoms with Gasteiger partial charge in [-0.15, -0.1) is 0 Å². The molecular formula is C17H21N3O3. The minimum absolute atomic E-state index is 0.0493. The summed E-state index contributed by atoms with van der Waals surface area (Å²) in [7, 11) is 1.63. The second-order valence-corrected chi connectivity index (χ2v) is 5.68. The van der Waals surface area contributed by atoms with Crippen molar-refractivity contribution in [2.24, 2.45) is 5.92 Å². The second-order valence-electron chi connectivity index (χ2n) is 5.68. The summed E-state index contributed by atoms with van der Waals surface area (Å²) in [5.74, 6) is 0.869. The fraction of sp³-hybridized carbons (Fsp3) is 0.412. The molecule has 0 radical (unpaired) electrons. The highest BCUT2D eigenvalue weighted by Gasteiger charge is 2.23. The Bertz CT molecular complexity index is 669. The van der Waals surface area contributed by atoms with Crippen molar-refractivity contribution in [2.45, 2.75) is 26.0 Å². The summed E-state index contributed by atoms with van der Waals surface area (Å²) < 4.78 is 10.7. The molecule has 1 aliphatic rings. The van der Waals surface area contributed by atoms with E-state index in [-0.39, 0.29) is 11.8 Å². The summed E-state index contributed by atoms with van der Waals surface area (Å²) in [5.41, 5.74) is 2.79. The highest BCUT2D eigenvalue weighted by atomic mass is 16.5. The topological polar surface area (TPSA) is 76.2 Å². The van der Waals surface area contributed by atoms with Crippen LogP contribution in [0.3, 0.4) is 0 Å². The molecule has 0 fully saturated rings. The third kappa shape index (κ3) is 3.90. The maximum atomic E-state index is 12.4. The van der Waals surface area contributed by atoms with Crippen LogP contribution in [0.5, 0.6) is 5.75 Å². The number of ether oxygens (including phenoxy) is 2. The number of carbonyl (C=O) groups excluding carboxylic acids is 1. The molecule has 0 aliphatic carbocycles. The van der Waals surface area contributed by atoms with E-state index in [1.807, 2.05) is 30.3 Å². The molecule has 1 amide bonds. The SMILES string of the molecule is COCc1cc(CNC(=O)[C@H]2CCOc3ccccc3C2)[nH]n1. The van der Waals surface area contributed by atoms with Crippen LogP contribution in [-0.4, -0.2) is 29.8 Å². The molecule has 1 aliphatic heterocycles. The molecule has 0 bridgehead atoms. The Labute approximate surface area is 135 Å². The number of rotatable bonds is 5. The number of amides is 1. The zero-order valence-electron chi connectivity index (χ0n) is 13.2. The molecule has 2 heterocycles. The number of para-hydroxylation sites is 1. The molecule has 122 valence electrons. The van der Waals surface area contributed by atoms with Gasteiger partial charge in [0.2, 0.25) is 5.91 Å². The molecule has 6 heteroatoms. The van der Waals surface area contributed by atoms with Gasteiger partial charge in [-0.3, -0.25) is 9.89 Å². The predicted molar refractivity (Wildman–Crippen MR) is 84.9 cm³/mol.